The van der Waals surface area contributed by atoms with Crippen molar-refractivity contribution >= 4 is 88.8 Å². The highest BCUT2D eigenvalue weighted by molar-refractivity contribution is 8.05. The van der Waals surface area contributed by atoms with Crippen LogP contribution in [0.1, 0.15) is 0 Å². The number of halogens is 8. The lowest BCUT2D eigenvalue weighted by Gasteiger charge is -1.94. The maximum Gasteiger partial charge on any atom is 0.673 e. The molecule has 0 nitrogen and oxygen atoms in total. The molecule has 22 heavy (non-hydrogen) atoms. The molecule has 0 unspecified atom stereocenters. The molecular formula is C6H6B2F8S6. The minimum absolute atomic E-state index is 1.48. The molecule has 0 aliphatic carbocycles. The van der Waals surface area contributed by atoms with Gasteiger partial charge in [0.05, 0.1) is 0 Å². The number of hydrogen-bond donors (Lipinski definition) is 0. The SMILES string of the molecule is CSc1[s+]sc2c(SC)[s+]sc12.F[B-](F)(F)F.F[B-](F)(F)F. The van der Waals surface area contributed by atoms with Crippen LogP contribution in [0.3, 0.4) is 0 Å². The van der Waals surface area contributed by atoms with Gasteiger partial charge in [0, 0.05) is 0 Å². The highest BCUT2D eigenvalue weighted by Gasteiger charge is 2.29. The van der Waals surface area contributed by atoms with E-state index in [4.69, 9.17) is 0 Å². The van der Waals surface area contributed by atoms with Crippen LogP contribution in [0.5, 0.6) is 0 Å². The van der Waals surface area contributed by atoms with Gasteiger partial charge in [0.25, 0.3) is 0 Å². The zero-order valence-electron chi connectivity index (χ0n) is 10.6. The molecule has 0 N–H and O–H groups in total. The van der Waals surface area contributed by atoms with Crippen LogP contribution in [0, 0.1) is 0 Å². The van der Waals surface area contributed by atoms with Gasteiger partial charge >= 0.3 is 43.6 Å². The van der Waals surface area contributed by atoms with Crippen LogP contribution in [0.25, 0.3) is 9.40 Å². The summed E-state index contributed by atoms with van der Waals surface area (Å²) in [6.07, 6.45) is 4.31. The molecule has 2 aromatic heterocycles. The van der Waals surface area contributed by atoms with Gasteiger partial charge in [-0.25, -0.2) is 0 Å². The molecule has 2 rings (SSSR count). The molecule has 16 heteroatoms. The maximum absolute atomic E-state index is 9.75. The van der Waals surface area contributed by atoms with E-state index >= 15 is 0 Å². The molecule has 0 aliphatic heterocycles. The van der Waals surface area contributed by atoms with Gasteiger partial charge in [0.15, 0.2) is 30.1 Å². The molecule has 0 atom stereocenters. The van der Waals surface area contributed by atoms with Gasteiger partial charge in [-0.3, -0.25) is 0 Å². The van der Waals surface area contributed by atoms with Crippen molar-refractivity contribution in [3.63, 3.8) is 0 Å². The van der Waals surface area contributed by atoms with E-state index in [1.54, 1.807) is 0 Å². The molecule has 0 saturated heterocycles. The van der Waals surface area contributed by atoms with E-state index in [1.165, 1.54) is 17.8 Å². The van der Waals surface area contributed by atoms with Gasteiger partial charge in [0.2, 0.25) is 0 Å². The van der Waals surface area contributed by atoms with Gasteiger partial charge < -0.3 is 34.5 Å². The second kappa shape index (κ2) is 9.81. The minimum Gasteiger partial charge on any atom is -0.418 e. The Balaban J connectivity index is 0.000000372. The lowest BCUT2D eigenvalue weighted by Crippen LogP contribution is -2.02. The molecular weight excluding hydrogens is 438 g/mol. The zero-order chi connectivity index (χ0) is 17.6. The smallest absolute Gasteiger partial charge is 0.418 e. The Morgan fingerprint density at radius 3 is 1.09 bits per heavy atom. The van der Waals surface area contributed by atoms with Crippen LogP contribution in [-0.2, 0) is 0 Å². The standard InChI is InChI=1S/C6H6S6.2BF4/c1-7-5-3-4(10-11-5)6(8-2)12-9-3;2*2-1(3,4)5/h1-2H3;;/q+2;2*-1. The highest BCUT2D eigenvalue weighted by atomic mass is 32.9. The Labute approximate surface area is 143 Å². The van der Waals surface area contributed by atoms with Crippen molar-refractivity contribution in [1.29, 1.82) is 0 Å². The Bertz CT molecular complexity index is 499. The average molecular weight is 444 g/mol. The largest absolute Gasteiger partial charge is 0.673 e. The van der Waals surface area contributed by atoms with Crippen LogP contribution in [0.4, 0.5) is 34.5 Å². The number of hydrogen-bond acceptors (Lipinski definition) is 4. The zero-order valence-corrected chi connectivity index (χ0v) is 15.5. The fraction of sp³-hybridized carbons (Fsp3) is 0.333. The minimum atomic E-state index is -6.00. The van der Waals surface area contributed by atoms with Crippen LogP contribution >= 0.6 is 64.9 Å². The van der Waals surface area contributed by atoms with Gasteiger partial charge in [-0.2, -0.15) is 0 Å². The van der Waals surface area contributed by atoms with E-state index in [-0.39, 0.29) is 0 Å². The first-order valence-corrected chi connectivity index (χ1v) is 11.6. The van der Waals surface area contributed by atoms with E-state index in [9.17, 15) is 34.5 Å². The summed E-state index contributed by atoms with van der Waals surface area (Å²) in [7, 11) is -4.35. The van der Waals surface area contributed by atoms with Gasteiger partial charge in [-0.05, 0) is 12.5 Å². The van der Waals surface area contributed by atoms with Crippen LogP contribution in [0.15, 0.2) is 8.42 Å². The Hall–Kier alpha value is 0.630. The monoisotopic (exact) mass is 444 g/mol. The van der Waals surface area contributed by atoms with Crippen molar-refractivity contribution in [1.82, 2.24) is 0 Å². The van der Waals surface area contributed by atoms with Crippen molar-refractivity contribution in [2.24, 2.45) is 0 Å². The van der Waals surface area contributed by atoms with Crippen molar-refractivity contribution in [3.8, 4) is 0 Å². The molecule has 0 bridgehead atoms. The van der Waals surface area contributed by atoms with Crippen LogP contribution < -0.4 is 0 Å². The molecule has 128 valence electrons. The molecule has 0 spiro atoms. The van der Waals surface area contributed by atoms with Crippen LogP contribution in [-0.4, -0.2) is 27.0 Å². The van der Waals surface area contributed by atoms with Crippen molar-refractivity contribution in [2.75, 3.05) is 12.5 Å². The Morgan fingerprint density at radius 1 is 0.682 bits per heavy atom. The Morgan fingerprint density at radius 2 is 0.909 bits per heavy atom. The summed E-state index contributed by atoms with van der Waals surface area (Å²) in [6.45, 7) is 0. The van der Waals surface area contributed by atoms with E-state index in [0.29, 0.717) is 0 Å². The first kappa shape index (κ1) is 22.6. The molecule has 0 aromatic carbocycles. The Kier molecular flexibility index (Phi) is 10.1. The van der Waals surface area contributed by atoms with E-state index in [2.05, 4.69) is 12.5 Å². The molecule has 0 saturated carbocycles. The summed E-state index contributed by atoms with van der Waals surface area (Å²) in [6, 6.07) is 0. The summed E-state index contributed by atoms with van der Waals surface area (Å²) < 4.78 is 84.0. The fourth-order valence-corrected chi connectivity index (χ4v) is 10.4. The second-order valence-corrected chi connectivity index (χ2v) is 9.41. The van der Waals surface area contributed by atoms with E-state index < -0.39 is 14.5 Å². The van der Waals surface area contributed by atoms with E-state index in [0.717, 1.165) is 0 Å². The topological polar surface area (TPSA) is 0 Å². The molecule has 2 aromatic rings. The predicted octanol–water partition coefficient (Wildman–Crippen LogP) is 7.69. The number of fused-ring (bicyclic) bond motifs is 1. The average Bonchev–Trinajstić information content (AvgIpc) is 2.83. The third kappa shape index (κ3) is 11.2. The number of thioether (sulfide) groups is 2. The molecule has 0 aliphatic rings. The van der Waals surface area contributed by atoms with Crippen molar-refractivity contribution in [2.45, 2.75) is 8.42 Å². The van der Waals surface area contributed by atoms with Crippen LogP contribution in [0.2, 0.25) is 0 Å². The van der Waals surface area contributed by atoms with Gasteiger partial charge in [0.1, 0.15) is 0 Å². The lowest BCUT2D eigenvalue weighted by molar-refractivity contribution is 0.366. The summed E-state index contributed by atoms with van der Waals surface area (Å²) in [5.74, 6) is 0. The normalized spacial score (nSPS) is 11.5. The summed E-state index contributed by atoms with van der Waals surface area (Å²) in [4.78, 5) is 0. The first-order chi connectivity index (χ1) is 9.86. The molecule has 0 amide bonds. The quantitative estimate of drug-likeness (QED) is 0.153. The van der Waals surface area contributed by atoms with Crippen molar-refractivity contribution < 1.29 is 34.5 Å². The highest BCUT2D eigenvalue weighted by Crippen LogP contribution is 2.48. The molecule has 0 radical (unpaired) electrons. The fourth-order valence-electron chi connectivity index (χ4n) is 0.817. The van der Waals surface area contributed by atoms with Gasteiger partial charge in [-0.1, -0.05) is 23.5 Å². The first-order valence-electron chi connectivity index (χ1n) is 4.87. The number of rotatable bonds is 2. The molecule has 2 heterocycles. The van der Waals surface area contributed by atoms with Gasteiger partial charge in [-0.15, -0.1) is 0 Å². The lowest BCUT2D eigenvalue weighted by atomic mass is 10.3. The second-order valence-electron chi connectivity index (χ2n) is 2.96. The summed E-state index contributed by atoms with van der Waals surface area (Å²) >= 11 is 3.73. The van der Waals surface area contributed by atoms with Crippen molar-refractivity contribution in [3.05, 3.63) is 0 Å². The predicted molar refractivity (Wildman–Crippen MR) is 88.2 cm³/mol. The molecule has 0 fully saturated rings. The third-order valence-corrected chi connectivity index (χ3v) is 9.81. The summed E-state index contributed by atoms with van der Waals surface area (Å²) in [5, 5.41) is 0. The van der Waals surface area contributed by atoms with E-state index in [1.807, 2.05) is 64.9 Å². The third-order valence-electron chi connectivity index (χ3n) is 1.35. The summed E-state index contributed by atoms with van der Waals surface area (Å²) in [5.41, 5.74) is 0. The maximum atomic E-state index is 9.75.